The average molecular weight is 255 g/mol. The number of anilines is 1. The molecule has 0 aromatic carbocycles. The van der Waals surface area contributed by atoms with Crippen LogP contribution in [0.5, 0.6) is 12.0 Å². The molecule has 18 heavy (non-hydrogen) atoms. The van der Waals surface area contributed by atoms with Gasteiger partial charge in [0.2, 0.25) is 5.95 Å². The molecule has 7 nitrogen and oxygen atoms in total. The van der Waals surface area contributed by atoms with Crippen molar-refractivity contribution >= 4 is 5.95 Å². The number of ether oxygens (including phenoxy) is 2. The zero-order valence-corrected chi connectivity index (χ0v) is 11.4. The van der Waals surface area contributed by atoms with Gasteiger partial charge in [0.15, 0.2) is 0 Å². The molecule has 0 atom stereocenters. The highest BCUT2D eigenvalue weighted by Gasteiger charge is 2.07. The predicted octanol–water partition coefficient (Wildman–Crippen LogP) is 0.642. The topological polar surface area (TPSA) is 72.4 Å². The highest BCUT2D eigenvalue weighted by Crippen LogP contribution is 2.12. The minimum Gasteiger partial charge on any atom is -0.467 e. The quantitative estimate of drug-likeness (QED) is 0.730. The SMILES string of the molecule is CCCNc1nc(OC)nc(OCCN(C)C)n1. The van der Waals surface area contributed by atoms with E-state index < -0.39 is 0 Å². The van der Waals surface area contributed by atoms with E-state index in [0.29, 0.717) is 12.6 Å². The molecule has 1 rings (SSSR count). The zero-order chi connectivity index (χ0) is 13.4. The van der Waals surface area contributed by atoms with Crippen LogP contribution >= 0.6 is 0 Å². The smallest absolute Gasteiger partial charge is 0.324 e. The van der Waals surface area contributed by atoms with E-state index in [1.165, 1.54) is 7.11 Å². The van der Waals surface area contributed by atoms with Crippen LogP contribution in [0.25, 0.3) is 0 Å². The van der Waals surface area contributed by atoms with Gasteiger partial charge in [-0.3, -0.25) is 0 Å². The van der Waals surface area contributed by atoms with Crippen LogP contribution in [-0.2, 0) is 0 Å². The first-order valence-electron chi connectivity index (χ1n) is 5.97. The van der Waals surface area contributed by atoms with Crippen LogP contribution in [0, 0.1) is 0 Å². The molecule has 0 aliphatic heterocycles. The van der Waals surface area contributed by atoms with Crippen LogP contribution in [0.2, 0.25) is 0 Å². The van der Waals surface area contributed by atoms with Gasteiger partial charge in [0.05, 0.1) is 7.11 Å². The highest BCUT2D eigenvalue weighted by atomic mass is 16.5. The van der Waals surface area contributed by atoms with Gasteiger partial charge < -0.3 is 19.7 Å². The van der Waals surface area contributed by atoms with Crippen molar-refractivity contribution in [1.29, 1.82) is 0 Å². The zero-order valence-electron chi connectivity index (χ0n) is 11.4. The van der Waals surface area contributed by atoms with E-state index in [1.54, 1.807) is 0 Å². The summed E-state index contributed by atoms with van der Waals surface area (Å²) in [6.45, 7) is 4.18. The van der Waals surface area contributed by atoms with Gasteiger partial charge in [-0.2, -0.15) is 9.97 Å². The van der Waals surface area contributed by atoms with Gasteiger partial charge in [-0.15, -0.1) is 4.98 Å². The third-order valence-corrected chi connectivity index (χ3v) is 2.08. The number of methoxy groups -OCH3 is 1. The van der Waals surface area contributed by atoms with Crippen molar-refractivity contribution < 1.29 is 9.47 Å². The molecule has 0 aliphatic carbocycles. The minimum atomic E-state index is 0.253. The summed E-state index contributed by atoms with van der Waals surface area (Å²) in [6, 6.07) is 0.533. The Morgan fingerprint density at radius 3 is 2.50 bits per heavy atom. The monoisotopic (exact) mass is 255 g/mol. The third kappa shape index (κ3) is 5.13. The van der Waals surface area contributed by atoms with Crippen molar-refractivity contribution in [3.63, 3.8) is 0 Å². The maximum Gasteiger partial charge on any atom is 0.324 e. The lowest BCUT2D eigenvalue weighted by Crippen LogP contribution is -2.20. The largest absolute Gasteiger partial charge is 0.467 e. The second-order valence-corrected chi connectivity index (χ2v) is 4.01. The first-order chi connectivity index (χ1) is 8.65. The van der Waals surface area contributed by atoms with E-state index in [4.69, 9.17) is 9.47 Å². The lowest BCUT2D eigenvalue weighted by atomic mass is 10.5. The molecule has 1 aromatic heterocycles. The van der Waals surface area contributed by atoms with E-state index in [9.17, 15) is 0 Å². The fourth-order valence-corrected chi connectivity index (χ4v) is 1.13. The molecule has 1 aromatic rings. The second kappa shape index (κ2) is 7.65. The number of hydrogen-bond acceptors (Lipinski definition) is 7. The number of likely N-dealkylation sites (N-methyl/N-ethyl adjacent to an activating group) is 1. The Hall–Kier alpha value is -1.63. The number of rotatable bonds is 8. The van der Waals surface area contributed by atoms with Gasteiger partial charge >= 0.3 is 12.0 Å². The van der Waals surface area contributed by atoms with Crippen LogP contribution in [0.15, 0.2) is 0 Å². The molecule has 102 valence electrons. The van der Waals surface area contributed by atoms with E-state index in [2.05, 4.69) is 27.2 Å². The Morgan fingerprint density at radius 1 is 1.17 bits per heavy atom. The number of hydrogen-bond donors (Lipinski definition) is 1. The van der Waals surface area contributed by atoms with Gasteiger partial charge in [0.1, 0.15) is 6.61 Å². The Bertz CT molecular complexity index is 359. The predicted molar refractivity (Wildman–Crippen MR) is 69.2 cm³/mol. The Morgan fingerprint density at radius 2 is 1.89 bits per heavy atom. The first kappa shape index (κ1) is 14.4. The van der Waals surface area contributed by atoms with Crippen LogP contribution < -0.4 is 14.8 Å². The normalized spacial score (nSPS) is 10.5. The standard InChI is InChI=1S/C11H21N5O2/c1-5-6-12-9-13-10(17-4)15-11(14-9)18-8-7-16(2)3/h5-8H2,1-4H3,(H,12,13,14,15). The summed E-state index contributed by atoms with van der Waals surface area (Å²) in [7, 11) is 5.47. The summed E-state index contributed by atoms with van der Waals surface area (Å²) < 4.78 is 10.5. The summed E-state index contributed by atoms with van der Waals surface area (Å²) >= 11 is 0. The fourth-order valence-electron chi connectivity index (χ4n) is 1.13. The highest BCUT2D eigenvalue weighted by molar-refractivity contribution is 5.27. The van der Waals surface area contributed by atoms with E-state index in [1.807, 2.05) is 19.0 Å². The van der Waals surface area contributed by atoms with Gasteiger partial charge in [-0.25, -0.2) is 0 Å². The molecule has 0 amide bonds. The second-order valence-electron chi connectivity index (χ2n) is 4.01. The van der Waals surface area contributed by atoms with Gasteiger partial charge in [-0.1, -0.05) is 6.92 Å². The minimum absolute atomic E-state index is 0.253. The average Bonchev–Trinajstić information content (AvgIpc) is 2.35. The molecule has 0 fully saturated rings. The molecule has 0 aliphatic rings. The van der Waals surface area contributed by atoms with Crippen molar-refractivity contribution in [2.45, 2.75) is 13.3 Å². The van der Waals surface area contributed by atoms with Crippen LogP contribution in [0.4, 0.5) is 5.95 Å². The Balaban J connectivity index is 2.64. The lowest BCUT2D eigenvalue weighted by molar-refractivity contribution is 0.240. The summed E-state index contributed by atoms with van der Waals surface area (Å²) in [4.78, 5) is 14.3. The maximum atomic E-state index is 5.46. The summed E-state index contributed by atoms with van der Waals surface area (Å²) in [5.74, 6) is 0.476. The van der Waals surface area contributed by atoms with Crippen molar-refractivity contribution in [3.8, 4) is 12.0 Å². The molecule has 0 saturated heterocycles. The molecule has 7 heteroatoms. The van der Waals surface area contributed by atoms with Crippen molar-refractivity contribution in [3.05, 3.63) is 0 Å². The van der Waals surface area contributed by atoms with Crippen molar-refractivity contribution in [1.82, 2.24) is 19.9 Å². The van der Waals surface area contributed by atoms with Crippen molar-refractivity contribution in [2.75, 3.05) is 46.2 Å². The van der Waals surface area contributed by atoms with E-state index in [-0.39, 0.29) is 12.0 Å². The molecule has 1 heterocycles. The van der Waals surface area contributed by atoms with Gasteiger partial charge in [0.25, 0.3) is 0 Å². The van der Waals surface area contributed by atoms with Gasteiger partial charge in [0, 0.05) is 13.1 Å². The number of nitrogens with one attached hydrogen (secondary N) is 1. The van der Waals surface area contributed by atoms with Crippen LogP contribution in [0.3, 0.4) is 0 Å². The number of aromatic nitrogens is 3. The Kier molecular flexibility index (Phi) is 6.13. The summed E-state index contributed by atoms with van der Waals surface area (Å²) in [6.07, 6.45) is 0.991. The molecule has 0 radical (unpaired) electrons. The molecule has 0 spiro atoms. The first-order valence-corrected chi connectivity index (χ1v) is 5.97. The molecule has 1 N–H and O–H groups in total. The molecular weight excluding hydrogens is 234 g/mol. The maximum absolute atomic E-state index is 5.46. The molecule has 0 bridgehead atoms. The Labute approximate surface area is 108 Å². The van der Waals surface area contributed by atoms with Crippen molar-refractivity contribution in [2.24, 2.45) is 0 Å². The summed E-state index contributed by atoms with van der Waals surface area (Å²) in [5.41, 5.74) is 0. The van der Waals surface area contributed by atoms with Crippen LogP contribution in [0.1, 0.15) is 13.3 Å². The summed E-state index contributed by atoms with van der Waals surface area (Å²) in [5, 5.41) is 3.08. The molecular formula is C11H21N5O2. The van der Waals surface area contributed by atoms with E-state index in [0.717, 1.165) is 19.5 Å². The van der Waals surface area contributed by atoms with E-state index >= 15 is 0 Å². The third-order valence-electron chi connectivity index (χ3n) is 2.08. The fraction of sp³-hybridized carbons (Fsp3) is 0.727. The van der Waals surface area contributed by atoms with Gasteiger partial charge in [-0.05, 0) is 20.5 Å². The molecule has 0 unspecified atom stereocenters. The molecule has 0 saturated carbocycles. The lowest BCUT2D eigenvalue weighted by Gasteiger charge is -2.11. The number of nitrogens with zero attached hydrogens (tertiary/aromatic N) is 4. The van der Waals surface area contributed by atoms with Crippen LogP contribution in [-0.4, -0.2) is 60.8 Å².